The molecule has 7 heteroatoms. The minimum absolute atomic E-state index is 0.0980. The minimum atomic E-state index is -2.58. The van der Waals surface area contributed by atoms with Crippen LogP contribution >= 0.6 is 0 Å². The van der Waals surface area contributed by atoms with Crippen molar-refractivity contribution in [2.75, 3.05) is 5.32 Å². The molecule has 0 spiro atoms. The fourth-order valence-corrected chi connectivity index (χ4v) is 3.61. The predicted molar refractivity (Wildman–Crippen MR) is 89.7 cm³/mol. The lowest BCUT2D eigenvalue weighted by molar-refractivity contribution is -0.0448. The number of nitrogens with one attached hydrogen (secondary N) is 2. The van der Waals surface area contributed by atoms with Crippen LogP contribution in [0.1, 0.15) is 47.6 Å². The Morgan fingerprint density at radius 1 is 1.16 bits per heavy atom. The molecule has 1 amide bonds. The van der Waals surface area contributed by atoms with Crippen LogP contribution in [0.5, 0.6) is 0 Å². The van der Waals surface area contributed by atoms with Gasteiger partial charge in [0.15, 0.2) is 0 Å². The standard InChI is InChI=1S/C18H20F2N4O/c19-18(20)8-6-13(7-9-18)24-16-14(11-21-24)17(25)23-15(22-16)10-12-4-2-1-3-5-12/h1-5,11,13,15,22H,6-10H2,(H,23,25). The number of anilines is 1. The summed E-state index contributed by atoms with van der Waals surface area (Å²) < 4.78 is 28.6. The van der Waals surface area contributed by atoms with Crippen molar-refractivity contribution in [1.29, 1.82) is 0 Å². The first kappa shape index (κ1) is 16.1. The van der Waals surface area contributed by atoms with Crippen molar-refractivity contribution in [3.05, 3.63) is 47.7 Å². The molecular formula is C18H20F2N4O. The third kappa shape index (κ3) is 3.23. The molecule has 2 aromatic rings. The van der Waals surface area contributed by atoms with Gasteiger partial charge in [-0.3, -0.25) is 4.79 Å². The van der Waals surface area contributed by atoms with Gasteiger partial charge in [-0.25, -0.2) is 13.5 Å². The van der Waals surface area contributed by atoms with E-state index in [0.717, 1.165) is 5.56 Å². The molecule has 2 N–H and O–H groups in total. The second kappa shape index (κ2) is 6.13. The summed E-state index contributed by atoms with van der Waals surface area (Å²) in [6.45, 7) is 0. The summed E-state index contributed by atoms with van der Waals surface area (Å²) in [7, 11) is 0. The maximum atomic E-state index is 13.4. The summed E-state index contributed by atoms with van der Waals surface area (Å²) in [5.41, 5.74) is 1.58. The van der Waals surface area contributed by atoms with Crippen LogP contribution < -0.4 is 10.6 Å². The summed E-state index contributed by atoms with van der Waals surface area (Å²) in [6, 6.07) is 9.77. The van der Waals surface area contributed by atoms with E-state index in [9.17, 15) is 13.6 Å². The predicted octanol–water partition coefficient (Wildman–Crippen LogP) is 3.36. The summed E-state index contributed by atoms with van der Waals surface area (Å²) in [6.07, 6.45) is 2.38. The normalized spacial score (nSPS) is 22.8. The molecule has 0 radical (unpaired) electrons. The summed E-state index contributed by atoms with van der Waals surface area (Å²) >= 11 is 0. The number of hydrogen-bond donors (Lipinski definition) is 2. The Balaban J connectivity index is 1.54. The quantitative estimate of drug-likeness (QED) is 0.896. The molecule has 1 aromatic carbocycles. The lowest BCUT2D eigenvalue weighted by Crippen LogP contribution is -2.46. The number of carbonyl (C=O) groups is 1. The van der Waals surface area contributed by atoms with Gasteiger partial charge in [0.25, 0.3) is 5.91 Å². The van der Waals surface area contributed by atoms with E-state index in [4.69, 9.17) is 0 Å². The van der Waals surface area contributed by atoms with Crippen molar-refractivity contribution in [3.8, 4) is 0 Å². The highest BCUT2D eigenvalue weighted by atomic mass is 19.3. The lowest BCUT2D eigenvalue weighted by atomic mass is 9.92. The summed E-state index contributed by atoms with van der Waals surface area (Å²) in [5, 5.41) is 10.6. The molecule has 4 rings (SSSR count). The Labute approximate surface area is 144 Å². The van der Waals surface area contributed by atoms with Gasteiger partial charge in [-0.2, -0.15) is 5.10 Å². The first-order valence-electron chi connectivity index (χ1n) is 8.58. The molecule has 5 nitrogen and oxygen atoms in total. The zero-order valence-electron chi connectivity index (χ0n) is 13.7. The molecule has 25 heavy (non-hydrogen) atoms. The Morgan fingerprint density at radius 2 is 1.88 bits per heavy atom. The highest BCUT2D eigenvalue weighted by Crippen LogP contribution is 2.40. The van der Waals surface area contributed by atoms with Gasteiger partial charge in [0.05, 0.1) is 12.2 Å². The van der Waals surface area contributed by atoms with Crippen LogP contribution in [0.3, 0.4) is 0 Å². The SMILES string of the molecule is O=C1NC(Cc2ccccc2)Nc2c1cnn2C1CCC(F)(F)CC1. The molecule has 2 heterocycles. The fourth-order valence-electron chi connectivity index (χ4n) is 3.61. The molecule has 1 unspecified atom stereocenters. The van der Waals surface area contributed by atoms with Gasteiger partial charge in [0.1, 0.15) is 17.5 Å². The van der Waals surface area contributed by atoms with Gasteiger partial charge >= 0.3 is 0 Å². The van der Waals surface area contributed by atoms with Gasteiger partial charge in [-0.15, -0.1) is 0 Å². The van der Waals surface area contributed by atoms with Crippen molar-refractivity contribution >= 4 is 11.7 Å². The molecule has 2 aliphatic rings. The number of amides is 1. The summed E-state index contributed by atoms with van der Waals surface area (Å²) in [5.74, 6) is -2.12. The van der Waals surface area contributed by atoms with Crippen LogP contribution in [0, 0.1) is 0 Å². The van der Waals surface area contributed by atoms with E-state index in [0.29, 0.717) is 30.6 Å². The van der Waals surface area contributed by atoms with Crippen molar-refractivity contribution in [2.45, 2.75) is 50.2 Å². The Kier molecular flexibility index (Phi) is 3.94. The number of nitrogens with zero attached hydrogens (tertiary/aromatic N) is 2. The number of carbonyl (C=O) groups excluding carboxylic acids is 1. The second-order valence-electron chi connectivity index (χ2n) is 6.80. The third-order valence-corrected chi connectivity index (χ3v) is 4.97. The average molecular weight is 346 g/mol. The van der Waals surface area contributed by atoms with Crippen molar-refractivity contribution in [1.82, 2.24) is 15.1 Å². The largest absolute Gasteiger partial charge is 0.349 e. The van der Waals surface area contributed by atoms with E-state index in [1.54, 1.807) is 4.68 Å². The molecule has 1 aromatic heterocycles. The van der Waals surface area contributed by atoms with E-state index < -0.39 is 5.92 Å². The van der Waals surface area contributed by atoms with Crippen LogP contribution in [0.15, 0.2) is 36.5 Å². The topological polar surface area (TPSA) is 59.0 Å². The Hall–Kier alpha value is -2.44. The number of fused-ring (bicyclic) bond motifs is 1. The summed E-state index contributed by atoms with van der Waals surface area (Å²) in [4.78, 5) is 12.4. The second-order valence-corrected chi connectivity index (χ2v) is 6.80. The van der Waals surface area contributed by atoms with E-state index >= 15 is 0 Å². The first-order chi connectivity index (χ1) is 12.0. The van der Waals surface area contributed by atoms with Gasteiger partial charge in [-0.05, 0) is 18.4 Å². The molecule has 1 atom stereocenters. The Morgan fingerprint density at radius 3 is 2.60 bits per heavy atom. The van der Waals surface area contributed by atoms with Gasteiger partial charge < -0.3 is 10.6 Å². The smallest absolute Gasteiger partial charge is 0.258 e. The highest BCUT2D eigenvalue weighted by molar-refractivity contribution is 6.00. The van der Waals surface area contributed by atoms with E-state index in [1.807, 2.05) is 30.3 Å². The van der Waals surface area contributed by atoms with E-state index in [2.05, 4.69) is 15.7 Å². The van der Waals surface area contributed by atoms with Gasteiger partial charge in [0, 0.05) is 19.3 Å². The monoisotopic (exact) mass is 346 g/mol. The number of hydrogen-bond acceptors (Lipinski definition) is 3. The van der Waals surface area contributed by atoms with Gasteiger partial charge in [0.2, 0.25) is 5.92 Å². The molecule has 1 saturated carbocycles. The van der Waals surface area contributed by atoms with E-state index in [1.165, 1.54) is 6.20 Å². The van der Waals surface area contributed by atoms with Crippen LogP contribution in [0.4, 0.5) is 14.6 Å². The zero-order chi connectivity index (χ0) is 17.4. The number of alkyl halides is 2. The van der Waals surface area contributed by atoms with Crippen molar-refractivity contribution in [3.63, 3.8) is 0 Å². The van der Waals surface area contributed by atoms with Crippen LogP contribution in [-0.2, 0) is 6.42 Å². The molecule has 1 aliphatic heterocycles. The maximum absolute atomic E-state index is 13.4. The molecular weight excluding hydrogens is 326 g/mol. The van der Waals surface area contributed by atoms with Gasteiger partial charge in [-0.1, -0.05) is 30.3 Å². The fraction of sp³-hybridized carbons (Fsp3) is 0.444. The average Bonchev–Trinajstić information content (AvgIpc) is 3.00. The molecule has 0 saturated heterocycles. The zero-order valence-corrected chi connectivity index (χ0v) is 13.7. The minimum Gasteiger partial charge on any atom is -0.349 e. The number of halogens is 2. The van der Waals surface area contributed by atoms with Crippen molar-refractivity contribution < 1.29 is 13.6 Å². The van der Waals surface area contributed by atoms with E-state index in [-0.39, 0.29) is 31.0 Å². The number of benzene rings is 1. The van der Waals surface area contributed by atoms with Crippen LogP contribution in [0.2, 0.25) is 0 Å². The lowest BCUT2D eigenvalue weighted by Gasteiger charge is -2.32. The molecule has 132 valence electrons. The third-order valence-electron chi connectivity index (χ3n) is 4.97. The Bertz CT molecular complexity index is 765. The highest BCUT2D eigenvalue weighted by Gasteiger charge is 2.38. The molecule has 1 fully saturated rings. The number of rotatable bonds is 3. The molecule has 0 bridgehead atoms. The van der Waals surface area contributed by atoms with Crippen molar-refractivity contribution in [2.24, 2.45) is 0 Å². The maximum Gasteiger partial charge on any atom is 0.258 e. The molecule has 1 aliphatic carbocycles. The first-order valence-corrected chi connectivity index (χ1v) is 8.58. The number of aromatic nitrogens is 2. The van der Waals surface area contributed by atoms with Crippen LogP contribution in [-0.4, -0.2) is 27.8 Å². The van der Waals surface area contributed by atoms with Crippen LogP contribution in [0.25, 0.3) is 0 Å².